The summed E-state index contributed by atoms with van der Waals surface area (Å²) in [5, 5.41) is 0. The number of rotatable bonds is 7. The number of piperidine rings is 1. The van der Waals surface area contributed by atoms with Gasteiger partial charge in [-0.05, 0) is 38.5 Å². The lowest BCUT2D eigenvalue weighted by molar-refractivity contribution is -0.143. The maximum Gasteiger partial charge on any atom is 0.235 e. The van der Waals surface area contributed by atoms with Gasteiger partial charge in [-0.15, -0.1) is 0 Å². The molecule has 1 atom stereocenters. The van der Waals surface area contributed by atoms with E-state index in [2.05, 4.69) is 25.7 Å². The van der Waals surface area contributed by atoms with Gasteiger partial charge in [0.1, 0.15) is 0 Å². The third-order valence-electron chi connectivity index (χ3n) is 4.59. The van der Waals surface area contributed by atoms with E-state index < -0.39 is 5.41 Å². The Morgan fingerprint density at radius 3 is 2.30 bits per heavy atom. The zero-order chi connectivity index (χ0) is 15.2. The first-order valence-electron chi connectivity index (χ1n) is 8.14. The van der Waals surface area contributed by atoms with Gasteiger partial charge in [0, 0.05) is 12.6 Å². The minimum Gasteiger partial charge on any atom is -0.392 e. The molecule has 0 aromatic heterocycles. The topological polar surface area (TPSA) is 46.3 Å². The number of amides is 1. The van der Waals surface area contributed by atoms with Crippen molar-refractivity contribution in [1.82, 2.24) is 4.90 Å². The smallest absolute Gasteiger partial charge is 0.235 e. The zero-order valence-electron chi connectivity index (χ0n) is 13.3. The Kier molecular flexibility index (Phi) is 6.93. The first-order valence-corrected chi connectivity index (χ1v) is 8.55. The fourth-order valence-electron chi connectivity index (χ4n) is 3.51. The molecule has 0 spiro atoms. The summed E-state index contributed by atoms with van der Waals surface area (Å²) in [4.78, 5) is 15.6. The van der Waals surface area contributed by atoms with E-state index in [4.69, 9.17) is 18.0 Å². The SMILES string of the molecule is CCCC(CCC)(C(=O)N1CCCCC1CC)C(N)=S. The highest BCUT2D eigenvalue weighted by Gasteiger charge is 2.44. The number of carbonyl (C=O) groups is 1. The zero-order valence-corrected chi connectivity index (χ0v) is 14.1. The number of hydrogen-bond acceptors (Lipinski definition) is 2. The van der Waals surface area contributed by atoms with Crippen LogP contribution in [0.15, 0.2) is 0 Å². The fourth-order valence-corrected chi connectivity index (χ4v) is 3.80. The van der Waals surface area contributed by atoms with Crippen LogP contribution in [0.4, 0.5) is 0 Å². The number of hydrogen-bond donors (Lipinski definition) is 1. The molecule has 1 saturated heterocycles. The maximum absolute atomic E-state index is 13.2. The molecular weight excluding hydrogens is 268 g/mol. The molecule has 4 heteroatoms. The average molecular weight is 298 g/mol. The predicted octanol–water partition coefficient (Wildman–Crippen LogP) is 3.65. The second-order valence-corrected chi connectivity index (χ2v) is 6.44. The molecule has 0 bridgehead atoms. The molecule has 0 radical (unpaired) electrons. The molecule has 1 unspecified atom stereocenters. The molecule has 1 amide bonds. The summed E-state index contributed by atoms with van der Waals surface area (Å²) >= 11 is 5.31. The lowest BCUT2D eigenvalue weighted by atomic mass is 9.76. The first-order chi connectivity index (χ1) is 9.53. The van der Waals surface area contributed by atoms with Crippen LogP contribution in [0.2, 0.25) is 0 Å². The van der Waals surface area contributed by atoms with Crippen molar-refractivity contribution in [3.63, 3.8) is 0 Å². The molecule has 1 aliphatic heterocycles. The highest BCUT2D eigenvalue weighted by molar-refractivity contribution is 7.80. The molecular formula is C16H30N2OS. The van der Waals surface area contributed by atoms with Crippen LogP contribution in [-0.2, 0) is 4.79 Å². The fraction of sp³-hybridized carbons (Fsp3) is 0.875. The van der Waals surface area contributed by atoms with E-state index in [9.17, 15) is 4.79 Å². The summed E-state index contributed by atoms with van der Waals surface area (Å²) in [5.41, 5.74) is 5.41. The van der Waals surface area contributed by atoms with Crippen molar-refractivity contribution >= 4 is 23.1 Å². The molecule has 3 nitrogen and oxygen atoms in total. The van der Waals surface area contributed by atoms with E-state index in [-0.39, 0.29) is 5.91 Å². The Balaban J connectivity index is 3.04. The van der Waals surface area contributed by atoms with Gasteiger partial charge in [0.2, 0.25) is 5.91 Å². The van der Waals surface area contributed by atoms with Gasteiger partial charge in [0.05, 0.1) is 10.4 Å². The summed E-state index contributed by atoms with van der Waals surface area (Å²) in [6.07, 6.45) is 7.91. The van der Waals surface area contributed by atoms with E-state index >= 15 is 0 Å². The lowest BCUT2D eigenvalue weighted by Crippen LogP contribution is -2.55. The van der Waals surface area contributed by atoms with Crippen molar-refractivity contribution in [3.05, 3.63) is 0 Å². The highest BCUT2D eigenvalue weighted by Crippen LogP contribution is 2.35. The van der Waals surface area contributed by atoms with E-state index in [1.165, 1.54) is 6.42 Å². The Labute approximate surface area is 129 Å². The lowest BCUT2D eigenvalue weighted by Gasteiger charge is -2.42. The van der Waals surface area contributed by atoms with E-state index in [1.807, 2.05) is 0 Å². The van der Waals surface area contributed by atoms with Gasteiger partial charge >= 0.3 is 0 Å². The van der Waals surface area contributed by atoms with Crippen LogP contribution in [0.1, 0.15) is 72.1 Å². The molecule has 1 heterocycles. The van der Waals surface area contributed by atoms with Crippen LogP contribution in [0.25, 0.3) is 0 Å². The van der Waals surface area contributed by atoms with Gasteiger partial charge in [-0.1, -0.05) is 45.8 Å². The summed E-state index contributed by atoms with van der Waals surface area (Å²) in [6, 6.07) is 0.374. The van der Waals surface area contributed by atoms with E-state index in [1.54, 1.807) is 0 Å². The Morgan fingerprint density at radius 1 is 1.25 bits per heavy atom. The quantitative estimate of drug-likeness (QED) is 0.730. The minimum atomic E-state index is -0.608. The second-order valence-electron chi connectivity index (χ2n) is 6.00. The molecule has 0 aromatic carbocycles. The normalized spacial score (nSPS) is 19.9. The Bertz CT molecular complexity index is 337. The predicted molar refractivity (Wildman–Crippen MR) is 88.7 cm³/mol. The highest BCUT2D eigenvalue weighted by atomic mass is 32.1. The molecule has 1 fully saturated rings. The molecule has 1 rings (SSSR count). The third-order valence-corrected chi connectivity index (χ3v) is 4.98. The van der Waals surface area contributed by atoms with Gasteiger partial charge in [-0.25, -0.2) is 0 Å². The maximum atomic E-state index is 13.2. The standard InChI is InChI=1S/C16H30N2OS/c1-4-10-16(11-5-2,14(17)20)15(19)18-12-8-7-9-13(18)6-3/h13H,4-12H2,1-3H3,(H2,17,20). The van der Waals surface area contributed by atoms with Crippen LogP contribution >= 0.6 is 12.2 Å². The third kappa shape index (κ3) is 3.51. The largest absolute Gasteiger partial charge is 0.392 e. The monoisotopic (exact) mass is 298 g/mol. The summed E-state index contributed by atoms with van der Waals surface area (Å²) in [5.74, 6) is 0.195. The number of nitrogens with zero attached hydrogens (tertiary/aromatic N) is 1. The van der Waals surface area contributed by atoms with Crippen LogP contribution in [0.3, 0.4) is 0 Å². The Hall–Kier alpha value is -0.640. The van der Waals surface area contributed by atoms with Gasteiger partial charge in [-0.2, -0.15) is 0 Å². The molecule has 0 aromatic rings. The van der Waals surface area contributed by atoms with Crippen LogP contribution in [0, 0.1) is 5.41 Å². The number of nitrogens with two attached hydrogens (primary N) is 1. The second kappa shape index (κ2) is 7.96. The number of likely N-dealkylation sites (tertiary alicyclic amines) is 1. The first kappa shape index (κ1) is 17.4. The molecule has 2 N–H and O–H groups in total. The van der Waals surface area contributed by atoms with E-state index in [0.717, 1.165) is 51.5 Å². The number of carbonyl (C=O) groups excluding carboxylic acids is 1. The molecule has 0 saturated carbocycles. The van der Waals surface area contributed by atoms with Crippen LogP contribution in [-0.4, -0.2) is 28.4 Å². The van der Waals surface area contributed by atoms with Crippen molar-refractivity contribution in [2.45, 2.75) is 78.2 Å². The molecule has 1 aliphatic rings. The van der Waals surface area contributed by atoms with Crippen molar-refractivity contribution in [2.75, 3.05) is 6.54 Å². The summed E-state index contributed by atoms with van der Waals surface area (Å²) in [6.45, 7) is 7.24. The number of thiocarbonyl (C=S) groups is 1. The van der Waals surface area contributed by atoms with Crippen LogP contribution in [0.5, 0.6) is 0 Å². The van der Waals surface area contributed by atoms with Gasteiger partial charge < -0.3 is 10.6 Å². The van der Waals surface area contributed by atoms with Crippen LogP contribution < -0.4 is 5.73 Å². The van der Waals surface area contributed by atoms with Crippen molar-refractivity contribution in [1.29, 1.82) is 0 Å². The average Bonchev–Trinajstić information content (AvgIpc) is 2.45. The van der Waals surface area contributed by atoms with Gasteiger partial charge in [-0.3, -0.25) is 4.79 Å². The van der Waals surface area contributed by atoms with Gasteiger partial charge in [0.25, 0.3) is 0 Å². The van der Waals surface area contributed by atoms with E-state index in [0.29, 0.717) is 11.0 Å². The molecule has 116 valence electrons. The summed E-state index contributed by atoms with van der Waals surface area (Å²) in [7, 11) is 0. The van der Waals surface area contributed by atoms with Crippen molar-refractivity contribution in [2.24, 2.45) is 11.1 Å². The van der Waals surface area contributed by atoms with Crippen molar-refractivity contribution < 1.29 is 4.79 Å². The molecule has 0 aliphatic carbocycles. The minimum absolute atomic E-state index is 0.195. The van der Waals surface area contributed by atoms with Gasteiger partial charge in [0.15, 0.2) is 0 Å². The molecule has 20 heavy (non-hydrogen) atoms. The Morgan fingerprint density at radius 2 is 1.85 bits per heavy atom. The summed E-state index contributed by atoms with van der Waals surface area (Å²) < 4.78 is 0. The van der Waals surface area contributed by atoms with Crippen molar-refractivity contribution in [3.8, 4) is 0 Å².